The highest BCUT2D eigenvalue weighted by Crippen LogP contribution is 2.44. The van der Waals surface area contributed by atoms with Gasteiger partial charge < -0.3 is 18.9 Å². The fourth-order valence-corrected chi connectivity index (χ4v) is 9.77. The van der Waals surface area contributed by atoms with Crippen molar-refractivity contribution in [2.45, 2.75) is 6.17 Å². The van der Waals surface area contributed by atoms with Gasteiger partial charge >= 0.3 is 0 Å². The Balaban J connectivity index is 1.09. The molecule has 6 nitrogen and oxygen atoms in total. The maximum atomic E-state index is 7.43. The molecule has 0 bridgehead atoms. The molecule has 3 aromatic heterocycles. The molecule has 0 saturated carbocycles. The molecular weight excluding hydrogens is 771 g/mol. The maximum absolute atomic E-state index is 7.43. The number of benzene rings is 9. The first-order chi connectivity index (χ1) is 31.3. The zero-order valence-corrected chi connectivity index (χ0v) is 34.0. The van der Waals surface area contributed by atoms with Gasteiger partial charge in [0.2, 0.25) is 0 Å². The fraction of sp³-hybridized carbons (Fsp3) is 0.0175. The Morgan fingerprint density at radius 3 is 1.52 bits per heavy atom. The van der Waals surface area contributed by atoms with E-state index in [1.54, 1.807) is 0 Å². The molecule has 63 heavy (non-hydrogen) atoms. The lowest BCUT2D eigenvalue weighted by Gasteiger charge is -2.26. The van der Waals surface area contributed by atoms with E-state index < -0.39 is 6.17 Å². The van der Waals surface area contributed by atoms with Crippen molar-refractivity contribution >= 4 is 77.2 Å². The van der Waals surface area contributed by atoms with Gasteiger partial charge in [0, 0.05) is 49.0 Å². The van der Waals surface area contributed by atoms with Crippen LogP contribution in [-0.2, 0) is 0 Å². The van der Waals surface area contributed by atoms with Crippen molar-refractivity contribution in [2.24, 2.45) is 9.98 Å². The number of nitrogens with one attached hydrogen (secondary N) is 1. The Kier molecular flexibility index (Phi) is 7.87. The number of amidine groups is 2. The lowest BCUT2D eigenvalue weighted by atomic mass is 10.0. The summed E-state index contributed by atoms with van der Waals surface area (Å²) in [5.74, 6) is 1.41. The van der Waals surface area contributed by atoms with Gasteiger partial charge in [-0.1, -0.05) is 170 Å². The lowest BCUT2D eigenvalue weighted by Crippen LogP contribution is -2.34. The van der Waals surface area contributed by atoms with Gasteiger partial charge in [-0.25, -0.2) is 9.98 Å². The smallest absolute Gasteiger partial charge is 0.159 e. The Morgan fingerprint density at radius 2 is 0.889 bits per heavy atom. The molecule has 1 aliphatic rings. The van der Waals surface area contributed by atoms with Crippen LogP contribution in [-0.4, -0.2) is 20.8 Å². The minimum absolute atomic E-state index is 0.530. The molecule has 0 amide bonds. The van der Waals surface area contributed by atoms with E-state index in [0.717, 1.165) is 89.0 Å². The molecule has 0 radical (unpaired) electrons. The van der Waals surface area contributed by atoms with E-state index in [-0.39, 0.29) is 0 Å². The number of para-hydroxylation sites is 5. The van der Waals surface area contributed by atoms with Gasteiger partial charge in [0.25, 0.3) is 0 Å². The largest absolute Gasteiger partial charge is 0.452 e. The summed E-state index contributed by atoms with van der Waals surface area (Å²) in [6.07, 6.45) is -0.530. The summed E-state index contributed by atoms with van der Waals surface area (Å²) >= 11 is 0. The van der Waals surface area contributed by atoms with Crippen molar-refractivity contribution in [3.8, 4) is 22.5 Å². The van der Waals surface area contributed by atoms with Crippen molar-refractivity contribution in [1.82, 2.24) is 14.5 Å². The van der Waals surface area contributed by atoms with Gasteiger partial charge in [-0.05, 0) is 53.6 Å². The van der Waals surface area contributed by atoms with Crippen LogP contribution >= 0.6 is 0 Å². The monoisotopic (exact) mass is 807 g/mol. The Labute approximate surface area is 362 Å². The summed E-state index contributed by atoms with van der Waals surface area (Å²) < 4.78 is 12.2. The summed E-state index contributed by atoms with van der Waals surface area (Å²) in [6.45, 7) is 0. The number of aliphatic imine (C=N–C) groups is 2. The van der Waals surface area contributed by atoms with Crippen molar-refractivity contribution < 1.29 is 4.42 Å². The second-order valence-electron chi connectivity index (χ2n) is 16.1. The second-order valence-corrected chi connectivity index (χ2v) is 16.1. The molecule has 4 heterocycles. The van der Waals surface area contributed by atoms with Crippen molar-refractivity contribution in [2.75, 3.05) is 0 Å². The zero-order chi connectivity index (χ0) is 41.4. The molecule has 1 aliphatic heterocycles. The highest BCUT2D eigenvalue weighted by atomic mass is 16.3. The second kappa shape index (κ2) is 14.0. The average Bonchev–Trinajstić information content (AvgIpc) is 4.02. The highest BCUT2D eigenvalue weighted by molar-refractivity contribution is 6.17. The van der Waals surface area contributed by atoms with Crippen LogP contribution in [0.2, 0.25) is 0 Å². The standard InChI is InChI=1S/C57H37N5O/c1-3-17-36(18-4-1)38-21-15-22-39(35-38)56-58-55(37-19-5-2-6-20-37)59-57(60-56)46-34-33-45-44-27-16-32-51(61-47-28-11-7-23-40(47)41-24-8-12-29-48(41)61)53(44)63-54(45)52(46)62-49-30-13-9-25-42(49)43-26-10-14-31-50(43)62/h1-35,57H,(H,58,59,60). The summed E-state index contributed by atoms with van der Waals surface area (Å²) in [7, 11) is 0. The Morgan fingerprint density at radius 1 is 0.397 bits per heavy atom. The van der Waals surface area contributed by atoms with Gasteiger partial charge in [-0.3, -0.25) is 0 Å². The molecule has 1 N–H and O–H groups in total. The van der Waals surface area contributed by atoms with E-state index in [2.05, 4.69) is 203 Å². The van der Waals surface area contributed by atoms with Crippen LogP contribution in [0, 0.1) is 0 Å². The molecule has 12 aromatic rings. The summed E-state index contributed by atoms with van der Waals surface area (Å²) in [4.78, 5) is 10.7. The van der Waals surface area contributed by atoms with Crippen molar-refractivity contribution in [1.29, 1.82) is 0 Å². The van der Waals surface area contributed by atoms with Crippen molar-refractivity contribution in [3.05, 3.63) is 229 Å². The van der Waals surface area contributed by atoms with E-state index in [0.29, 0.717) is 5.84 Å². The van der Waals surface area contributed by atoms with Gasteiger partial charge in [-0.2, -0.15) is 0 Å². The van der Waals surface area contributed by atoms with Gasteiger partial charge in [0.1, 0.15) is 12.0 Å². The molecule has 13 rings (SSSR count). The molecule has 1 atom stereocenters. The van der Waals surface area contributed by atoms with E-state index in [4.69, 9.17) is 14.4 Å². The van der Waals surface area contributed by atoms with E-state index in [1.165, 1.54) is 21.5 Å². The first kappa shape index (κ1) is 35.3. The molecular formula is C57H37N5O. The van der Waals surface area contributed by atoms with Crippen molar-refractivity contribution in [3.63, 3.8) is 0 Å². The molecule has 296 valence electrons. The van der Waals surface area contributed by atoms with Gasteiger partial charge in [0.15, 0.2) is 17.0 Å². The number of rotatable bonds is 6. The summed E-state index contributed by atoms with van der Waals surface area (Å²) in [6, 6.07) is 74.8. The minimum atomic E-state index is -0.530. The number of hydrogen-bond donors (Lipinski definition) is 1. The fourth-order valence-electron chi connectivity index (χ4n) is 9.77. The van der Waals surface area contributed by atoms with Gasteiger partial charge in [0.05, 0.1) is 33.4 Å². The average molecular weight is 808 g/mol. The van der Waals surface area contributed by atoms with E-state index >= 15 is 0 Å². The number of hydrogen-bond acceptors (Lipinski definition) is 4. The molecule has 0 fully saturated rings. The predicted octanol–water partition coefficient (Wildman–Crippen LogP) is 13.9. The normalized spacial score (nSPS) is 14.2. The maximum Gasteiger partial charge on any atom is 0.159 e. The number of aromatic nitrogens is 2. The summed E-state index contributed by atoms with van der Waals surface area (Å²) in [5, 5.41) is 10.7. The number of furan rings is 1. The SMILES string of the molecule is c1ccc(C2=NC(c3ccc4c(oc5c(-n6c7ccccc7c7ccccc76)cccc54)c3-n3c4ccccc4c4ccccc43)NC(c3cccc(-c4ccccc4)c3)=N2)cc1. The third-order valence-electron chi connectivity index (χ3n) is 12.6. The first-order valence-corrected chi connectivity index (χ1v) is 21.4. The Hall–Kier alpha value is -8.48. The Bertz CT molecular complexity index is 3730. The van der Waals surface area contributed by atoms with Crippen LogP contribution in [0.5, 0.6) is 0 Å². The van der Waals surface area contributed by atoms with E-state index in [1.807, 2.05) is 24.3 Å². The lowest BCUT2D eigenvalue weighted by molar-refractivity contribution is 0.648. The number of nitrogens with zero attached hydrogens (tertiary/aromatic N) is 4. The molecule has 9 aromatic carbocycles. The quantitative estimate of drug-likeness (QED) is 0.182. The first-order valence-electron chi connectivity index (χ1n) is 21.4. The van der Waals surface area contributed by atoms with Gasteiger partial charge in [-0.15, -0.1) is 0 Å². The minimum Gasteiger partial charge on any atom is -0.452 e. The zero-order valence-electron chi connectivity index (χ0n) is 34.0. The number of fused-ring (bicyclic) bond motifs is 9. The molecule has 6 heteroatoms. The third-order valence-corrected chi connectivity index (χ3v) is 12.6. The summed E-state index contributed by atoms with van der Waals surface area (Å²) in [5.41, 5.74) is 13.1. The van der Waals surface area contributed by atoms with Crippen LogP contribution in [0.25, 0.3) is 88.1 Å². The molecule has 1 unspecified atom stereocenters. The topological polar surface area (TPSA) is 59.8 Å². The van der Waals surface area contributed by atoms with Crippen LogP contribution in [0.15, 0.2) is 227 Å². The molecule has 0 spiro atoms. The van der Waals surface area contributed by atoms with E-state index in [9.17, 15) is 0 Å². The highest BCUT2D eigenvalue weighted by Gasteiger charge is 2.29. The third kappa shape index (κ3) is 5.51. The van der Waals surface area contributed by atoms with Crippen LogP contribution < -0.4 is 5.32 Å². The molecule has 0 saturated heterocycles. The van der Waals surface area contributed by atoms with Crippen LogP contribution in [0.4, 0.5) is 0 Å². The van der Waals surface area contributed by atoms with Crippen LogP contribution in [0.1, 0.15) is 22.9 Å². The molecule has 0 aliphatic carbocycles. The van der Waals surface area contributed by atoms with Crippen LogP contribution in [0.3, 0.4) is 0 Å². The predicted molar refractivity (Wildman–Crippen MR) is 260 cm³/mol.